The molecule has 6 nitrogen and oxygen atoms in total. The van der Waals surface area contributed by atoms with E-state index in [-0.39, 0.29) is 12.7 Å². The van der Waals surface area contributed by atoms with Crippen molar-refractivity contribution in [1.82, 2.24) is 14.7 Å². The number of hydrogen-bond donors (Lipinski definition) is 1. The summed E-state index contributed by atoms with van der Waals surface area (Å²) in [5.41, 5.74) is 1.75. The number of carbonyl (C=O) groups is 1. The molecule has 0 spiro atoms. The van der Waals surface area contributed by atoms with Crippen molar-refractivity contribution < 1.29 is 14.3 Å². The van der Waals surface area contributed by atoms with Crippen molar-refractivity contribution in [3.63, 3.8) is 0 Å². The molecule has 0 atom stereocenters. The monoisotopic (exact) mass is 329 g/mol. The van der Waals surface area contributed by atoms with Crippen molar-refractivity contribution >= 4 is 22.2 Å². The molecule has 3 heterocycles. The van der Waals surface area contributed by atoms with Crippen molar-refractivity contribution in [2.24, 2.45) is 0 Å². The van der Waals surface area contributed by atoms with Crippen LogP contribution in [0.2, 0.25) is 0 Å². The van der Waals surface area contributed by atoms with E-state index >= 15 is 0 Å². The lowest BCUT2D eigenvalue weighted by atomic mass is 10.1. The molecule has 0 aliphatic carbocycles. The Labute approximate surface area is 136 Å². The molecule has 0 fully saturated rings. The van der Waals surface area contributed by atoms with E-state index in [9.17, 15) is 4.79 Å². The number of fused-ring (bicyclic) bond motifs is 2. The third-order valence-electron chi connectivity index (χ3n) is 3.59. The average molecular weight is 329 g/mol. The summed E-state index contributed by atoms with van der Waals surface area (Å²) in [5, 5.41) is 2.90. The molecule has 0 saturated carbocycles. The van der Waals surface area contributed by atoms with Crippen LogP contribution in [0, 0.1) is 6.92 Å². The molecule has 0 unspecified atom stereocenters. The van der Waals surface area contributed by atoms with Crippen LogP contribution in [-0.4, -0.2) is 22.1 Å². The quantitative estimate of drug-likeness (QED) is 0.798. The summed E-state index contributed by atoms with van der Waals surface area (Å²) in [6, 6.07) is 5.55. The van der Waals surface area contributed by atoms with Gasteiger partial charge in [0, 0.05) is 17.3 Å². The summed E-state index contributed by atoms with van der Waals surface area (Å²) in [6.07, 6.45) is 4.28. The Kier molecular flexibility index (Phi) is 3.42. The Morgan fingerprint density at radius 1 is 1.35 bits per heavy atom. The van der Waals surface area contributed by atoms with Crippen molar-refractivity contribution in [1.29, 1.82) is 0 Å². The Morgan fingerprint density at radius 2 is 2.22 bits per heavy atom. The lowest BCUT2D eigenvalue weighted by Crippen LogP contribution is -2.24. The van der Waals surface area contributed by atoms with Gasteiger partial charge in [0.15, 0.2) is 16.5 Å². The fourth-order valence-corrected chi connectivity index (χ4v) is 3.36. The fraction of sp³-hybridized carbons (Fsp3) is 0.250. The van der Waals surface area contributed by atoms with Crippen LogP contribution in [0.5, 0.6) is 11.5 Å². The maximum atomic E-state index is 12.1. The summed E-state index contributed by atoms with van der Waals surface area (Å²) >= 11 is 1.63. The van der Waals surface area contributed by atoms with Crippen LogP contribution in [-0.2, 0) is 17.8 Å². The van der Waals surface area contributed by atoms with Crippen molar-refractivity contribution in [2.45, 2.75) is 19.9 Å². The van der Waals surface area contributed by atoms with Gasteiger partial charge in [0.25, 0.3) is 0 Å². The second-order valence-corrected chi connectivity index (χ2v) is 6.62. The van der Waals surface area contributed by atoms with Crippen LogP contribution < -0.4 is 14.8 Å². The standard InChI is InChI=1S/C16H15N3O3S/c1-10-7-19-8-12(18-16(19)23-10)6-17-15(20)5-11-2-3-13-14(4-11)22-9-21-13/h2-4,7-8H,5-6,9H2,1H3,(H,17,20). The van der Waals surface area contributed by atoms with Crippen molar-refractivity contribution in [2.75, 3.05) is 6.79 Å². The number of benzene rings is 1. The Balaban J connectivity index is 1.37. The first-order valence-corrected chi connectivity index (χ1v) is 8.08. The highest BCUT2D eigenvalue weighted by atomic mass is 32.1. The third kappa shape index (κ3) is 2.87. The molecule has 0 bridgehead atoms. The number of nitrogens with zero attached hydrogens (tertiary/aromatic N) is 2. The van der Waals surface area contributed by atoms with Crippen molar-refractivity contribution in [3.8, 4) is 11.5 Å². The molecule has 23 heavy (non-hydrogen) atoms. The van der Waals surface area contributed by atoms with Gasteiger partial charge in [0.1, 0.15) is 0 Å². The number of aromatic nitrogens is 2. The van der Waals surface area contributed by atoms with Crippen LogP contribution >= 0.6 is 11.3 Å². The Bertz CT molecular complexity index is 852. The fourth-order valence-electron chi connectivity index (χ4n) is 2.53. The van der Waals surface area contributed by atoms with Gasteiger partial charge in [-0.3, -0.25) is 9.20 Å². The summed E-state index contributed by atoms with van der Waals surface area (Å²) in [5.74, 6) is 1.37. The smallest absolute Gasteiger partial charge is 0.231 e. The summed E-state index contributed by atoms with van der Waals surface area (Å²) < 4.78 is 12.6. The molecule has 2 aromatic heterocycles. The molecule has 1 aliphatic heterocycles. The summed E-state index contributed by atoms with van der Waals surface area (Å²) in [6.45, 7) is 2.71. The first kappa shape index (κ1) is 14.1. The third-order valence-corrected chi connectivity index (χ3v) is 4.50. The van der Waals surface area contributed by atoms with Gasteiger partial charge in [-0.2, -0.15) is 0 Å². The number of hydrogen-bond acceptors (Lipinski definition) is 5. The molecule has 0 saturated heterocycles. The van der Waals surface area contributed by atoms with Gasteiger partial charge in [-0.1, -0.05) is 6.07 Å². The van der Waals surface area contributed by atoms with Gasteiger partial charge in [0.2, 0.25) is 12.7 Å². The average Bonchev–Trinajstić information content (AvgIpc) is 3.18. The van der Waals surface area contributed by atoms with Gasteiger partial charge in [-0.25, -0.2) is 4.98 Å². The van der Waals surface area contributed by atoms with E-state index in [1.165, 1.54) is 4.88 Å². The lowest BCUT2D eigenvalue weighted by molar-refractivity contribution is -0.120. The molecule has 7 heteroatoms. The number of nitrogens with one attached hydrogen (secondary N) is 1. The molecule has 3 aromatic rings. The number of imidazole rings is 1. The van der Waals surface area contributed by atoms with Crippen LogP contribution in [0.3, 0.4) is 0 Å². The van der Waals surface area contributed by atoms with Crippen LogP contribution in [0.25, 0.3) is 4.96 Å². The van der Waals surface area contributed by atoms with Gasteiger partial charge >= 0.3 is 0 Å². The summed E-state index contributed by atoms with van der Waals surface area (Å²) in [7, 11) is 0. The minimum Gasteiger partial charge on any atom is -0.454 e. The maximum absolute atomic E-state index is 12.1. The predicted molar refractivity (Wildman–Crippen MR) is 85.9 cm³/mol. The van der Waals surface area contributed by atoms with E-state index in [2.05, 4.69) is 10.3 Å². The SMILES string of the molecule is Cc1cn2cc(CNC(=O)Cc3ccc4c(c3)OCO4)nc2s1. The topological polar surface area (TPSA) is 64.9 Å². The van der Waals surface area contributed by atoms with Crippen LogP contribution in [0.1, 0.15) is 16.1 Å². The number of ether oxygens (including phenoxy) is 2. The van der Waals surface area contributed by atoms with Gasteiger partial charge in [-0.05, 0) is 24.6 Å². The minimum atomic E-state index is -0.0450. The highest BCUT2D eigenvalue weighted by Gasteiger charge is 2.14. The van der Waals surface area contributed by atoms with Gasteiger partial charge in [-0.15, -0.1) is 11.3 Å². The molecule has 1 N–H and O–H groups in total. The molecule has 118 valence electrons. The lowest BCUT2D eigenvalue weighted by Gasteiger charge is -2.04. The van der Waals surface area contributed by atoms with Gasteiger partial charge < -0.3 is 14.8 Å². The van der Waals surface area contributed by atoms with E-state index in [0.717, 1.165) is 22.0 Å². The van der Waals surface area contributed by atoms with Crippen LogP contribution in [0.15, 0.2) is 30.6 Å². The zero-order valence-corrected chi connectivity index (χ0v) is 13.4. The molecule has 1 amide bonds. The van der Waals surface area contributed by atoms with E-state index < -0.39 is 0 Å². The second kappa shape index (κ2) is 5.58. The first-order valence-electron chi connectivity index (χ1n) is 7.26. The Hall–Kier alpha value is -2.54. The van der Waals surface area contributed by atoms with Crippen molar-refractivity contribution in [3.05, 3.63) is 46.7 Å². The molecule has 1 aromatic carbocycles. The number of aryl methyl sites for hydroxylation is 1. The largest absolute Gasteiger partial charge is 0.454 e. The normalized spacial score (nSPS) is 12.7. The molecular formula is C16H15N3O3S. The number of amides is 1. The molecule has 4 rings (SSSR count). The van der Waals surface area contributed by atoms with E-state index in [4.69, 9.17) is 9.47 Å². The molecule has 0 radical (unpaired) electrons. The van der Waals surface area contributed by atoms with E-state index in [0.29, 0.717) is 18.7 Å². The minimum absolute atomic E-state index is 0.0450. The van der Waals surface area contributed by atoms with E-state index in [1.807, 2.05) is 41.9 Å². The van der Waals surface area contributed by atoms with Gasteiger partial charge in [0.05, 0.1) is 18.7 Å². The van der Waals surface area contributed by atoms with Crippen LogP contribution in [0.4, 0.5) is 0 Å². The number of thiazole rings is 1. The molecular weight excluding hydrogens is 314 g/mol. The predicted octanol–water partition coefficient (Wildman–Crippen LogP) is 2.29. The second-order valence-electron chi connectivity index (χ2n) is 5.41. The zero-order chi connectivity index (χ0) is 15.8. The first-order chi connectivity index (χ1) is 11.2. The number of carbonyl (C=O) groups excluding carboxylic acids is 1. The highest BCUT2D eigenvalue weighted by Crippen LogP contribution is 2.32. The van der Waals surface area contributed by atoms with E-state index in [1.54, 1.807) is 11.3 Å². The highest BCUT2D eigenvalue weighted by molar-refractivity contribution is 7.16. The summed E-state index contributed by atoms with van der Waals surface area (Å²) in [4.78, 5) is 18.7. The number of rotatable bonds is 4. The zero-order valence-electron chi connectivity index (χ0n) is 12.5. The Morgan fingerprint density at radius 3 is 3.09 bits per heavy atom. The molecule has 1 aliphatic rings. The maximum Gasteiger partial charge on any atom is 0.231 e.